The number of carboxylic acids is 1. The molecular formula is C15H17NO3. The molecule has 1 aromatic rings. The van der Waals surface area contributed by atoms with Gasteiger partial charge >= 0.3 is 5.97 Å². The van der Waals surface area contributed by atoms with Crippen LogP contribution in [0.4, 0.5) is 0 Å². The van der Waals surface area contributed by atoms with Gasteiger partial charge in [0.25, 0.3) is 0 Å². The van der Waals surface area contributed by atoms with Crippen molar-refractivity contribution in [1.82, 2.24) is 4.90 Å². The summed E-state index contributed by atoms with van der Waals surface area (Å²) in [6.45, 7) is 0.889. The zero-order valence-corrected chi connectivity index (χ0v) is 10.7. The van der Waals surface area contributed by atoms with E-state index in [0.717, 1.165) is 18.4 Å². The summed E-state index contributed by atoms with van der Waals surface area (Å²) in [7, 11) is 0. The largest absolute Gasteiger partial charge is 0.481 e. The predicted octanol–water partition coefficient (Wildman–Crippen LogP) is 1.72. The maximum atomic E-state index is 12.1. The van der Waals surface area contributed by atoms with Crippen molar-refractivity contribution in [3.63, 3.8) is 0 Å². The molecule has 0 aromatic heterocycles. The van der Waals surface area contributed by atoms with Gasteiger partial charge in [0.2, 0.25) is 5.91 Å². The standard InChI is InChI=1S/C15H17NO3/c17-14(11-6-7-11)16-8-12(13(9-16)15(18)19)10-4-2-1-3-5-10/h1-5,11-13H,6-9H2,(H,18,19)/t12-,13-/m1/s1. The normalized spacial score (nSPS) is 26.4. The van der Waals surface area contributed by atoms with E-state index in [2.05, 4.69) is 0 Å². The van der Waals surface area contributed by atoms with Crippen LogP contribution >= 0.6 is 0 Å². The molecule has 2 aliphatic rings. The molecule has 3 rings (SSSR count). The highest BCUT2D eigenvalue weighted by atomic mass is 16.4. The average molecular weight is 259 g/mol. The summed E-state index contributed by atoms with van der Waals surface area (Å²) in [5.74, 6) is -1.07. The van der Waals surface area contributed by atoms with Crippen molar-refractivity contribution in [2.45, 2.75) is 18.8 Å². The van der Waals surface area contributed by atoms with Crippen molar-refractivity contribution in [2.75, 3.05) is 13.1 Å². The first-order valence-electron chi connectivity index (χ1n) is 6.73. The Balaban J connectivity index is 1.81. The number of hydrogen-bond acceptors (Lipinski definition) is 2. The van der Waals surface area contributed by atoms with Crippen molar-refractivity contribution in [2.24, 2.45) is 11.8 Å². The number of aliphatic carboxylic acids is 1. The zero-order chi connectivity index (χ0) is 13.4. The molecule has 0 spiro atoms. The number of carbonyl (C=O) groups excluding carboxylic acids is 1. The Hall–Kier alpha value is -1.84. The molecule has 1 N–H and O–H groups in total. The molecular weight excluding hydrogens is 242 g/mol. The van der Waals surface area contributed by atoms with Gasteiger partial charge in [0.15, 0.2) is 0 Å². The smallest absolute Gasteiger partial charge is 0.308 e. The van der Waals surface area contributed by atoms with Crippen LogP contribution in [0.1, 0.15) is 24.3 Å². The second kappa shape index (κ2) is 4.68. The van der Waals surface area contributed by atoms with Crippen LogP contribution in [0, 0.1) is 11.8 Å². The number of carbonyl (C=O) groups is 2. The van der Waals surface area contributed by atoms with Gasteiger partial charge in [0.05, 0.1) is 5.92 Å². The van der Waals surface area contributed by atoms with Crippen LogP contribution in [-0.4, -0.2) is 35.0 Å². The maximum absolute atomic E-state index is 12.1. The Labute approximate surface area is 112 Å². The van der Waals surface area contributed by atoms with Crippen molar-refractivity contribution in [3.8, 4) is 0 Å². The minimum Gasteiger partial charge on any atom is -0.481 e. The van der Waals surface area contributed by atoms with Gasteiger partial charge in [-0.25, -0.2) is 0 Å². The van der Waals surface area contributed by atoms with E-state index < -0.39 is 11.9 Å². The topological polar surface area (TPSA) is 57.6 Å². The van der Waals surface area contributed by atoms with Gasteiger partial charge in [-0.1, -0.05) is 30.3 Å². The number of hydrogen-bond donors (Lipinski definition) is 1. The molecule has 1 saturated heterocycles. The van der Waals surface area contributed by atoms with E-state index in [4.69, 9.17) is 0 Å². The van der Waals surface area contributed by atoms with E-state index in [1.165, 1.54) is 0 Å². The molecule has 2 atom stereocenters. The highest BCUT2D eigenvalue weighted by molar-refractivity contribution is 5.83. The molecule has 2 fully saturated rings. The summed E-state index contributed by atoms with van der Waals surface area (Å²) < 4.78 is 0. The van der Waals surface area contributed by atoms with E-state index in [-0.39, 0.29) is 17.7 Å². The van der Waals surface area contributed by atoms with E-state index in [0.29, 0.717) is 13.1 Å². The summed E-state index contributed by atoms with van der Waals surface area (Å²) in [5.41, 5.74) is 1.01. The van der Waals surface area contributed by atoms with Crippen molar-refractivity contribution >= 4 is 11.9 Å². The van der Waals surface area contributed by atoms with E-state index in [1.807, 2.05) is 30.3 Å². The summed E-state index contributed by atoms with van der Waals surface area (Å²) >= 11 is 0. The molecule has 0 radical (unpaired) electrons. The zero-order valence-electron chi connectivity index (χ0n) is 10.7. The highest BCUT2D eigenvalue weighted by Crippen LogP contribution is 2.37. The third kappa shape index (κ3) is 2.35. The fraction of sp³-hybridized carbons (Fsp3) is 0.467. The van der Waals surface area contributed by atoms with Gasteiger partial charge in [-0.3, -0.25) is 9.59 Å². The van der Waals surface area contributed by atoms with Gasteiger partial charge in [0.1, 0.15) is 0 Å². The Morgan fingerprint density at radius 1 is 1.11 bits per heavy atom. The Morgan fingerprint density at radius 2 is 1.79 bits per heavy atom. The SMILES string of the molecule is O=C(O)[C@@H]1CN(C(=O)C2CC2)C[C@@H]1c1ccccc1. The third-order valence-electron chi connectivity index (χ3n) is 4.10. The van der Waals surface area contributed by atoms with E-state index in [9.17, 15) is 14.7 Å². The van der Waals surface area contributed by atoms with Crippen LogP contribution in [0.15, 0.2) is 30.3 Å². The lowest BCUT2D eigenvalue weighted by Crippen LogP contribution is -2.31. The Bertz CT molecular complexity index is 495. The Kier molecular flexibility index (Phi) is 3.01. The van der Waals surface area contributed by atoms with E-state index in [1.54, 1.807) is 4.90 Å². The van der Waals surface area contributed by atoms with Crippen molar-refractivity contribution in [1.29, 1.82) is 0 Å². The van der Waals surface area contributed by atoms with Crippen molar-refractivity contribution < 1.29 is 14.7 Å². The first kappa shape index (κ1) is 12.2. The summed E-state index contributed by atoms with van der Waals surface area (Å²) in [5, 5.41) is 9.36. The highest BCUT2D eigenvalue weighted by Gasteiger charge is 2.43. The first-order valence-corrected chi connectivity index (χ1v) is 6.73. The number of likely N-dealkylation sites (tertiary alicyclic amines) is 1. The summed E-state index contributed by atoms with van der Waals surface area (Å²) in [6.07, 6.45) is 1.92. The molecule has 1 heterocycles. The van der Waals surface area contributed by atoms with Crippen LogP contribution < -0.4 is 0 Å². The molecule has 4 nitrogen and oxygen atoms in total. The van der Waals surface area contributed by atoms with Crippen LogP contribution in [0.5, 0.6) is 0 Å². The van der Waals surface area contributed by atoms with E-state index >= 15 is 0 Å². The molecule has 19 heavy (non-hydrogen) atoms. The molecule has 1 aromatic carbocycles. The lowest BCUT2D eigenvalue weighted by atomic mass is 9.89. The second-order valence-electron chi connectivity index (χ2n) is 5.48. The summed E-state index contributed by atoms with van der Waals surface area (Å²) in [4.78, 5) is 25.2. The maximum Gasteiger partial charge on any atom is 0.308 e. The number of rotatable bonds is 3. The lowest BCUT2D eigenvalue weighted by Gasteiger charge is -2.16. The number of carboxylic acid groups (broad SMARTS) is 1. The van der Waals surface area contributed by atoms with Crippen LogP contribution in [0.25, 0.3) is 0 Å². The molecule has 0 unspecified atom stereocenters. The molecule has 4 heteroatoms. The minimum atomic E-state index is -0.806. The van der Waals surface area contributed by atoms with Crippen LogP contribution in [-0.2, 0) is 9.59 Å². The molecule has 100 valence electrons. The minimum absolute atomic E-state index is 0.0820. The fourth-order valence-corrected chi connectivity index (χ4v) is 2.86. The van der Waals surface area contributed by atoms with Gasteiger partial charge in [-0.2, -0.15) is 0 Å². The molecule has 1 aliphatic heterocycles. The lowest BCUT2D eigenvalue weighted by molar-refractivity contribution is -0.141. The van der Waals surface area contributed by atoms with Gasteiger partial charge < -0.3 is 10.0 Å². The molecule has 1 aliphatic carbocycles. The molecule has 1 saturated carbocycles. The van der Waals surface area contributed by atoms with Crippen LogP contribution in [0.3, 0.4) is 0 Å². The first-order chi connectivity index (χ1) is 9.16. The quantitative estimate of drug-likeness (QED) is 0.899. The molecule has 0 bridgehead atoms. The third-order valence-corrected chi connectivity index (χ3v) is 4.10. The van der Waals surface area contributed by atoms with Crippen LogP contribution in [0.2, 0.25) is 0 Å². The Morgan fingerprint density at radius 3 is 2.37 bits per heavy atom. The number of nitrogens with zero attached hydrogens (tertiary/aromatic N) is 1. The van der Waals surface area contributed by atoms with Gasteiger partial charge in [-0.05, 0) is 18.4 Å². The van der Waals surface area contributed by atoms with Gasteiger partial charge in [-0.15, -0.1) is 0 Å². The summed E-state index contributed by atoms with van der Waals surface area (Å²) in [6, 6.07) is 9.65. The number of amides is 1. The average Bonchev–Trinajstić information content (AvgIpc) is 3.17. The number of benzene rings is 1. The van der Waals surface area contributed by atoms with Gasteiger partial charge in [0, 0.05) is 24.9 Å². The fourth-order valence-electron chi connectivity index (χ4n) is 2.86. The predicted molar refractivity (Wildman–Crippen MR) is 69.6 cm³/mol. The monoisotopic (exact) mass is 259 g/mol. The second-order valence-corrected chi connectivity index (χ2v) is 5.48. The van der Waals surface area contributed by atoms with Crippen molar-refractivity contribution in [3.05, 3.63) is 35.9 Å². The molecule has 1 amide bonds.